The third-order valence-corrected chi connectivity index (χ3v) is 1.28. The predicted molar refractivity (Wildman–Crippen MR) is 45.1 cm³/mol. The number of allylic oxidation sites excluding steroid dienone is 1. The molecule has 0 saturated heterocycles. The zero-order valence-electron chi connectivity index (χ0n) is 7.22. The fraction of sp³-hybridized carbons (Fsp3) is 0.556. The highest BCUT2D eigenvalue weighted by Gasteiger charge is 2.09. The smallest absolute Gasteiger partial charge is 0.104 e. The highest BCUT2D eigenvalue weighted by atomic mass is 16.5. The van der Waals surface area contributed by atoms with Crippen molar-refractivity contribution in [2.45, 2.75) is 19.4 Å². The van der Waals surface area contributed by atoms with Gasteiger partial charge in [-0.1, -0.05) is 11.8 Å². The molecule has 0 saturated carbocycles. The first-order chi connectivity index (χ1) is 5.12. The molecule has 0 fully saturated rings. The minimum atomic E-state index is -0.274. The molecule has 0 aromatic heterocycles. The molecule has 62 valence electrons. The Morgan fingerprint density at radius 2 is 2.18 bits per heavy atom. The second kappa shape index (κ2) is 4.95. The van der Waals surface area contributed by atoms with Crippen molar-refractivity contribution in [1.29, 1.82) is 0 Å². The van der Waals surface area contributed by atoms with E-state index >= 15 is 0 Å². The topological polar surface area (TPSA) is 29.5 Å². The normalized spacial score (nSPS) is 11.3. The summed E-state index contributed by atoms with van der Waals surface area (Å²) < 4.78 is 5.10. The average Bonchev–Trinajstić information content (AvgIpc) is 1.99. The maximum absolute atomic E-state index is 8.31. The largest absolute Gasteiger partial charge is 0.384 e. The Hall–Kier alpha value is -0.780. The quantitative estimate of drug-likeness (QED) is 0.600. The Kier molecular flexibility index (Phi) is 4.60. The second-order valence-electron chi connectivity index (χ2n) is 2.62. The van der Waals surface area contributed by atoms with E-state index in [0.29, 0.717) is 0 Å². The SMILES string of the molecule is COC(C)(C)/C=C/C#CCO. The van der Waals surface area contributed by atoms with E-state index in [1.165, 1.54) is 0 Å². The van der Waals surface area contributed by atoms with Crippen LogP contribution in [0, 0.1) is 11.8 Å². The van der Waals surface area contributed by atoms with Crippen LogP contribution in [0.1, 0.15) is 13.8 Å². The number of aliphatic hydroxyl groups excluding tert-OH is 1. The summed E-state index contributed by atoms with van der Waals surface area (Å²) in [6.07, 6.45) is 3.52. The number of methoxy groups -OCH3 is 1. The maximum Gasteiger partial charge on any atom is 0.104 e. The van der Waals surface area contributed by atoms with Crippen molar-refractivity contribution >= 4 is 0 Å². The van der Waals surface area contributed by atoms with Gasteiger partial charge in [-0.15, -0.1) is 0 Å². The van der Waals surface area contributed by atoms with Gasteiger partial charge in [-0.05, 0) is 26.0 Å². The molecule has 0 aromatic carbocycles. The van der Waals surface area contributed by atoms with Gasteiger partial charge in [0, 0.05) is 7.11 Å². The van der Waals surface area contributed by atoms with Crippen LogP contribution in [0.2, 0.25) is 0 Å². The number of hydrogen-bond donors (Lipinski definition) is 1. The highest BCUT2D eigenvalue weighted by Crippen LogP contribution is 2.07. The summed E-state index contributed by atoms with van der Waals surface area (Å²) in [6.45, 7) is 3.77. The van der Waals surface area contributed by atoms with Gasteiger partial charge < -0.3 is 9.84 Å². The lowest BCUT2D eigenvalue weighted by Gasteiger charge is -2.16. The summed E-state index contributed by atoms with van der Waals surface area (Å²) in [7, 11) is 1.64. The molecule has 0 amide bonds. The van der Waals surface area contributed by atoms with Gasteiger partial charge in [-0.3, -0.25) is 0 Å². The van der Waals surface area contributed by atoms with Crippen molar-refractivity contribution in [1.82, 2.24) is 0 Å². The van der Waals surface area contributed by atoms with Crippen molar-refractivity contribution in [2.24, 2.45) is 0 Å². The lowest BCUT2D eigenvalue weighted by molar-refractivity contribution is 0.0656. The number of rotatable bonds is 2. The second-order valence-corrected chi connectivity index (χ2v) is 2.62. The molecular formula is C9H14O2. The summed E-state index contributed by atoms with van der Waals surface area (Å²) in [5.74, 6) is 5.17. The Balaban J connectivity index is 3.91. The fourth-order valence-corrected chi connectivity index (χ4v) is 0.415. The van der Waals surface area contributed by atoms with E-state index in [0.717, 1.165) is 0 Å². The Morgan fingerprint density at radius 1 is 1.55 bits per heavy atom. The van der Waals surface area contributed by atoms with Crippen molar-refractivity contribution in [2.75, 3.05) is 13.7 Å². The van der Waals surface area contributed by atoms with Gasteiger partial charge in [-0.25, -0.2) is 0 Å². The molecule has 0 heterocycles. The minimum absolute atomic E-state index is 0.0995. The summed E-state index contributed by atoms with van der Waals surface area (Å²) in [4.78, 5) is 0. The van der Waals surface area contributed by atoms with Crippen LogP contribution in [0.3, 0.4) is 0 Å². The number of hydrogen-bond acceptors (Lipinski definition) is 2. The zero-order chi connectivity index (χ0) is 8.74. The summed E-state index contributed by atoms with van der Waals surface area (Å²) in [5, 5.41) is 8.31. The molecule has 11 heavy (non-hydrogen) atoms. The van der Waals surface area contributed by atoms with Gasteiger partial charge in [0.2, 0.25) is 0 Å². The third kappa shape index (κ3) is 5.65. The number of aliphatic hydroxyl groups is 1. The van der Waals surface area contributed by atoms with Crippen molar-refractivity contribution in [3.05, 3.63) is 12.2 Å². The molecule has 2 heteroatoms. The Labute approximate surface area is 67.9 Å². The van der Waals surface area contributed by atoms with Gasteiger partial charge in [-0.2, -0.15) is 0 Å². The van der Waals surface area contributed by atoms with Crippen LogP contribution < -0.4 is 0 Å². The monoisotopic (exact) mass is 154 g/mol. The van der Waals surface area contributed by atoms with Crippen LogP contribution in [-0.2, 0) is 4.74 Å². The Bertz CT molecular complexity index is 181. The van der Waals surface area contributed by atoms with Crippen LogP contribution in [0.15, 0.2) is 12.2 Å². The molecule has 0 aliphatic rings. The molecule has 0 aliphatic carbocycles. The summed E-state index contributed by atoms with van der Waals surface area (Å²) >= 11 is 0. The maximum atomic E-state index is 8.31. The first kappa shape index (κ1) is 10.2. The molecule has 0 bridgehead atoms. The average molecular weight is 154 g/mol. The van der Waals surface area contributed by atoms with Crippen LogP contribution in [-0.4, -0.2) is 24.4 Å². The third-order valence-electron chi connectivity index (χ3n) is 1.28. The van der Waals surface area contributed by atoms with Crippen LogP contribution in [0.5, 0.6) is 0 Å². The first-order valence-corrected chi connectivity index (χ1v) is 3.44. The Morgan fingerprint density at radius 3 is 2.64 bits per heavy atom. The van der Waals surface area contributed by atoms with E-state index in [-0.39, 0.29) is 12.2 Å². The van der Waals surface area contributed by atoms with Crippen LogP contribution >= 0.6 is 0 Å². The standard InChI is InChI=1S/C9H14O2/c1-9(2,11-3)7-5-4-6-8-10/h5,7,10H,8H2,1-3H3/b7-5+. The van der Waals surface area contributed by atoms with Crippen LogP contribution in [0.25, 0.3) is 0 Å². The van der Waals surface area contributed by atoms with E-state index in [1.807, 2.05) is 19.9 Å². The lowest BCUT2D eigenvalue weighted by Crippen LogP contribution is -2.18. The lowest BCUT2D eigenvalue weighted by atomic mass is 10.1. The van der Waals surface area contributed by atoms with Gasteiger partial charge in [0.05, 0.1) is 5.60 Å². The zero-order valence-corrected chi connectivity index (χ0v) is 7.22. The van der Waals surface area contributed by atoms with E-state index in [9.17, 15) is 0 Å². The van der Waals surface area contributed by atoms with Gasteiger partial charge in [0.15, 0.2) is 0 Å². The highest BCUT2D eigenvalue weighted by molar-refractivity contribution is 5.18. The van der Waals surface area contributed by atoms with Gasteiger partial charge >= 0.3 is 0 Å². The van der Waals surface area contributed by atoms with Crippen LogP contribution in [0.4, 0.5) is 0 Å². The molecule has 0 spiro atoms. The summed E-state index contributed by atoms with van der Waals surface area (Å²) in [6, 6.07) is 0. The number of ether oxygens (including phenoxy) is 1. The van der Waals surface area contributed by atoms with Crippen molar-refractivity contribution in [3.8, 4) is 11.8 Å². The van der Waals surface area contributed by atoms with E-state index in [2.05, 4.69) is 11.8 Å². The first-order valence-electron chi connectivity index (χ1n) is 3.44. The molecule has 0 unspecified atom stereocenters. The molecule has 0 atom stereocenters. The van der Waals surface area contributed by atoms with E-state index < -0.39 is 0 Å². The molecular weight excluding hydrogens is 140 g/mol. The molecule has 2 nitrogen and oxygen atoms in total. The molecule has 0 radical (unpaired) electrons. The molecule has 1 N–H and O–H groups in total. The van der Waals surface area contributed by atoms with Crippen molar-refractivity contribution < 1.29 is 9.84 Å². The minimum Gasteiger partial charge on any atom is -0.384 e. The van der Waals surface area contributed by atoms with E-state index in [1.54, 1.807) is 13.2 Å². The fourth-order valence-electron chi connectivity index (χ4n) is 0.415. The predicted octanol–water partition coefficient (Wildman–Crippen LogP) is 0.963. The molecule has 0 aliphatic heterocycles. The van der Waals surface area contributed by atoms with Gasteiger partial charge in [0.25, 0.3) is 0 Å². The summed E-state index contributed by atoms with van der Waals surface area (Å²) in [5.41, 5.74) is -0.274. The molecule has 0 rings (SSSR count). The van der Waals surface area contributed by atoms with Crippen molar-refractivity contribution in [3.63, 3.8) is 0 Å². The molecule has 0 aromatic rings. The van der Waals surface area contributed by atoms with Gasteiger partial charge in [0.1, 0.15) is 6.61 Å². The van der Waals surface area contributed by atoms with E-state index in [4.69, 9.17) is 9.84 Å².